The summed E-state index contributed by atoms with van der Waals surface area (Å²) in [4.78, 5) is 21.2. The number of rotatable bonds is 4. The number of nitro benzene ring substituents is 1. The molecule has 2 aromatic rings. The number of aromatic nitrogens is 4. The Bertz CT molecular complexity index is 651. The smallest absolute Gasteiger partial charge is 0.335 e. The standard InChI is InChI=1S/C10H9N5O4/c1-2-9-11-12-13-14(9)7-4-3-6(10(16)17)5-8(7)15(18)19/h3-5H,2H2,1H3,(H,16,17). The molecule has 0 spiro atoms. The lowest BCUT2D eigenvalue weighted by Crippen LogP contribution is -2.07. The number of hydrogen-bond donors (Lipinski definition) is 1. The molecule has 0 saturated heterocycles. The maximum atomic E-state index is 11.0. The van der Waals surface area contributed by atoms with Crippen molar-refractivity contribution in [1.82, 2.24) is 20.2 Å². The fourth-order valence-corrected chi connectivity index (χ4v) is 1.60. The first-order valence-electron chi connectivity index (χ1n) is 5.34. The summed E-state index contributed by atoms with van der Waals surface area (Å²) in [5, 5.41) is 30.7. The Hall–Kier alpha value is -2.84. The predicted molar refractivity (Wildman–Crippen MR) is 62.1 cm³/mol. The number of aromatic carboxylic acids is 1. The van der Waals surface area contributed by atoms with Gasteiger partial charge >= 0.3 is 5.97 Å². The number of carboxylic acid groups (broad SMARTS) is 1. The van der Waals surface area contributed by atoms with E-state index in [1.165, 1.54) is 16.8 Å². The Kier molecular flexibility index (Phi) is 3.19. The second-order valence-electron chi connectivity index (χ2n) is 3.63. The molecule has 0 radical (unpaired) electrons. The van der Waals surface area contributed by atoms with E-state index in [2.05, 4.69) is 15.5 Å². The van der Waals surface area contributed by atoms with Crippen LogP contribution >= 0.6 is 0 Å². The molecule has 0 saturated carbocycles. The molecule has 0 amide bonds. The van der Waals surface area contributed by atoms with Gasteiger partial charge in [-0.3, -0.25) is 10.1 Å². The molecule has 0 aliphatic carbocycles. The van der Waals surface area contributed by atoms with Crippen LogP contribution in [0.15, 0.2) is 18.2 Å². The van der Waals surface area contributed by atoms with E-state index < -0.39 is 10.9 Å². The molecule has 9 nitrogen and oxygen atoms in total. The molecule has 1 heterocycles. The van der Waals surface area contributed by atoms with E-state index in [1.54, 1.807) is 6.92 Å². The number of tetrazole rings is 1. The Morgan fingerprint density at radius 1 is 1.53 bits per heavy atom. The van der Waals surface area contributed by atoms with Crippen LogP contribution in [0.5, 0.6) is 0 Å². The van der Waals surface area contributed by atoms with Crippen molar-refractivity contribution in [3.8, 4) is 5.69 Å². The van der Waals surface area contributed by atoms with E-state index in [4.69, 9.17) is 5.11 Å². The summed E-state index contributed by atoms with van der Waals surface area (Å²) >= 11 is 0. The largest absolute Gasteiger partial charge is 0.478 e. The van der Waals surface area contributed by atoms with Crippen molar-refractivity contribution in [3.05, 3.63) is 39.7 Å². The first-order chi connectivity index (χ1) is 9.04. The number of benzene rings is 1. The highest BCUT2D eigenvalue weighted by Gasteiger charge is 2.21. The monoisotopic (exact) mass is 263 g/mol. The van der Waals surface area contributed by atoms with Crippen LogP contribution in [0.3, 0.4) is 0 Å². The summed E-state index contributed by atoms with van der Waals surface area (Å²) in [7, 11) is 0. The van der Waals surface area contributed by atoms with Gasteiger partial charge in [0, 0.05) is 12.5 Å². The molecule has 0 unspecified atom stereocenters. The van der Waals surface area contributed by atoms with Crippen LogP contribution in [0.25, 0.3) is 5.69 Å². The lowest BCUT2D eigenvalue weighted by molar-refractivity contribution is -0.384. The Morgan fingerprint density at radius 2 is 2.26 bits per heavy atom. The van der Waals surface area contributed by atoms with Crippen molar-refractivity contribution >= 4 is 11.7 Å². The third kappa shape index (κ3) is 2.25. The maximum absolute atomic E-state index is 11.0. The highest BCUT2D eigenvalue weighted by Crippen LogP contribution is 2.24. The number of carboxylic acids is 1. The van der Waals surface area contributed by atoms with Crippen LogP contribution in [0.4, 0.5) is 5.69 Å². The quantitative estimate of drug-likeness (QED) is 0.639. The van der Waals surface area contributed by atoms with Crippen LogP contribution in [-0.4, -0.2) is 36.2 Å². The van der Waals surface area contributed by atoms with Crippen molar-refractivity contribution in [3.63, 3.8) is 0 Å². The summed E-state index contributed by atoms with van der Waals surface area (Å²) in [5.74, 6) is -0.784. The van der Waals surface area contributed by atoms with Crippen LogP contribution in [0, 0.1) is 10.1 Å². The molecule has 0 aliphatic heterocycles. The molecule has 1 aromatic heterocycles. The van der Waals surface area contributed by atoms with Crippen LogP contribution in [-0.2, 0) is 6.42 Å². The minimum atomic E-state index is -1.23. The summed E-state index contributed by atoms with van der Waals surface area (Å²) in [5.41, 5.74) is -0.389. The summed E-state index contributed by atoms with van der Waals surface area (Å²) in [6.07, 6.45) is 0.491. The molecular weight excluding hydrogens is 254 g/mol. The summed E-state index contributed by atoms with van der Waals surface area (Å²) in [6.45, 7) is 1.81. The van der Waals surface area contributed by atoms with Gasteiger partial charge in [-0.15, -0.1) is 5.10 Å². The highest BCUT2D eigenvalue weighted by atomic mass is 16.6. The van der Waals surface area contributed by atoms with Gasteiger partial charge in [-0.05, 0) is 22.6 Å². The first kappa shape index (κ1) is 12.6. The molecular formula is C10H9N5O4. The van der Waals surface area contributed by atoms with Crippen molar-refractivity contribution < 1.29 is 14.8 Å². The fraction of sp³-hybridized carbons (Fsp3) is 0.200. The summed E-state index contributed by atoms with van der Waals surface area (Å²) < 4.78 is 1.23. The molecule has 0 bridgehead atoms. The third-order valence-corrected chi connectivity index (χ3v) is 2.50. The predicted octanol–water partition coefficient (Wildman–Crippen LogP) is 0.831. The van der Waals surface area contributed by atoms with Gasteiger partial charge in [0.15, 0.2) is 5.82 Å². The number of nitro groups is 1. The van der Waals surface area contributed by atoms with Gasteiger partial charge < -0.3 is 5.11 Å². The summed E-state index contributed by atoms with van der Waals surface area (Å²) in [6, 6.07) is 3.57. The van der Waals surface area contributed by atoms with E-state index in [-0.39, 0.29) is 16.9 Å². The van der Waals surface area contributed by atoms with Crippen molar-refractivity contribution in [2.75, 3.05) is 0 Å². The lowest BCUT2D eigenvalue weighted by atomic mass is 10.1. The molecule has 1 N–H and O–H groups in total. The molecule has 1 aromatic carbocycles. The zero-order valence-corrected chi connectivity index (χ0v) is 9.85. The van der Waals surface area contributed by atoms with E-state index in [0.29, 0.717) is 12.2 Å². The van der Waals surface area contributed by atoms with E-state index >= 15 is 0 Å². The van der Waals surface area contributed by atoms with Gasteiger partial charge in [0.05, 0.1) is 10.5 Å². The van der Waals surface area contributed by atoms with E-state index in [0.717, 1.165) is 6.07 Å². The molecule has 0 aliphatic rings. The van der Waals surface area contributed by atoms with E-state index in [1.807, 2.05) is 0 Å². The average molecular weight is 263 g/mol. The average Bonchev–Trinajstić information content (AvgIpc) is 2.85. The molecule has 98 valence electrons. The number of carbonyl (C=O) groups is 1. The molecule has 19 heavy (non-hydrogen) atoms. The van der Waals surface area contributed by atoms with E-state index in [9.17, 15) is 14.9 Å². The van der Waals surface area contributed by atoms with Crippen LogP contribution in [0.1, 0.15) is 23.1 Å². The second kappa shape index (κ2) is 4.80. The van der Waals surface area contributed by atoms with Gasteiger partial charge in [-0.25, -0.2) is 4.79 Å². The number of hydrogen-bond acceptors (Lipinski definition) is 6. The van der Waals surface area contributed by atoms with Crippen molar-refractivity contribution in [2.24, 2.45) is 0 Å². The first-order valence-corrected chi connectivity index (χ1v) is 5.34. The van der Waals surface area contributed by atoms with Crippen LogP contribution in [0.2, 0.25) is 0 Å². The Morgan fingerprint density at radius 3 is 2.84 bits per heavy atom. The third-order valence-electron chi connectivity index (χ3n) is 2.50. The fourth-order valence-electron chi connectivity index (χ4n) is 1.60. The zero-order valence-electron chi connectivity index (χ0n) is 9.85. The topological polar surface area (TPSA) is 124 Å². The SMILES string of the molecule is CCc1nnnn1-c1ccc(C(=O)O)cc1[N+](=O)[O-]. The minimum absolute atomic E-state index is 0.136. The maximum Gasteiger partial charge on any atom is 0.335 e. The Balaban J connectivity index is 2.63. The van der Waals surface area contributed by atoms with Gasteiger partial charge in [-0.2, -0.15) is 4.68 Å². The highest BCUT2D eigenvalue weighted by molar-refractivity contribution is 5.89. The van der Waals surface area contributed by atoms with Crippen LogP contribution < -0.4 is 0 Å². The minimum Gasteiger partial charge on any atom is -0.478 e. The van der Waals surface area contributed by atoms with Gasteiger partial charge in [0.2, 0.25) is 0 Å². The van der Waals surface area contributed by atoms with Crippen molar-refractivity contribution in [1.29, 1.82) is 0 Å². The number of nitrogens with zero attached hydrogens (tertiary/aromatic N) is 5. The van der Waals surface area contributed by atoms with Crippen molar-refractivity contribution in [2.45, 2.75) is 13.3 Å². The van der Waals surface area contributed by atoms with Gasteiger partial charge in [0.25, 0.3) is 5.69 Å². The molecule has 0 atom stereocenters. The zero-order chi connectivity index (χ0) is 14.0. The molecule has 9 heteroatoms. The Labute approximate surface area is 106 Å². The number of aryl methyl sites for hydroxylation is 1. The van der Waals surface area contributed by atoms with Gasteiger partial charge in [-0.1, -0.05) is 6.92 Å². The normalized spacial score (nSPS) is 10.4. The lowest BCUT2D eigenvalue weighted by Gasteiger charge is -2.05. The van der Waals surface area contributed by atoms with Gasteiger partial charge in [0.1, 0.15) is 5.69 Å². The molecule has 0 fully saturated rings. The molecule has 2 rings (SSSR count). The second-order valence-corrected chi connectivity index (χ2v) is 3.63.